The molecule has 3 rings (SSSR count). The van der Waals surface area contributed by atoms with Crippen LogP contribution in [0.5, 0.6) is 0 Å². The molecule has 0 saturated carbocycles. The van der Waals surface area contributed by atoms with Gasteiger partial charge in [-0.2, -0.15) is 0 Å². The molecule has 0 radical (unpaired) electrons. The maximum atomic E-state index is 10.9. The third-order valence-electron chi connectivity index (χ3n) is 3.95. The van der Waals surface area contributed by atoms with Gasteiger partial charge in [0, 0.05) is 18.2 Å². The molecule has 0 bridgehead atoms. The van der Waals surface area contributed by atoms with Crippen molar-refractivity contribution in [2.45, 2.75) is 31.6 Å². The van der Waals surface area contributed by atoms with Gasteiger partial charge in [-0.15, -0.1) is 0 Å². The number of carboxylic acid groups (broad SMARTS) is 1. The van der Waals surface area contributed by atoms with E-state index in [9.17, 15) is 4.79 Å². The van der Waals surface area contributed by atoms with Gasteiger partial charge in [0.1, 0.15) is 0 Å². The molecule has 1 atom stereocenters. The Labute approximate surface area is 107 Å². The minimum absolute atomic E-state index is 0.361. The summed E-state index contributed by atoms with van der Waals surface area (Å²) in [6, 6.07) is 5.44. The first-order chi connectivity index (χ1) is 8.75. The number of rotatable bonds is 2. The number of aromatic carboxylic acids is 1. The number of allylic oxidation sites excluding steroid dienone is 1. The summed E-state index contributed by atoms with van der Waals surface area (Å²) in [5, 5.41) is 12.3. The molecule has 1 aromatic rings. The molecular weight excluding hydrogens is 226 g/mol. The number of hydrogen-bond acceptors (Lipinski definition) is 2. The molecule has 94 valence electrons. The zero-order valence-electron chi connectivity index (χ0n) is 10.3. The maximum Gasteiger partial charge on any atom is 0.335 e. The fourth-order valence-electron chi connectivity index (χ4n) is 2.98. The van der Waals surface area contributed by atoms with E-state index in [2.05, 4.69) is 11.4 Å². The van der Waals surface area contributed by atoms with Crippen LogP contribution in [0.15, 0.2) is 29.8 Å². The summed E-state index contributed by atoms with van der Waals surface area (Å²) < 4.78 is 0. The average molecular weight is 243 g/mol. The number of hydrogen-bond donors (Lipinski definition) is 2. The first-order valence-corrected chi connectivity index (χ1v) is 6.56. The van der Waals surface area contributed by atoms with Crippen molar-refractivity contribution in [1.82, 2.24) is 0 Å². The molecule has 1 unspecified atom stereocenters. The maximum absolute atomic E-state index is 10.9. The predicted octanol–water partition coefficient (Wildman–Crippen LogP) is 3.39. The minimum Gasteiger partial charge on any atom is -0.478 e. The molecule has 0 fully saturated rings. The van der Waals surface area contributed by atoms with Gasteiger partial charge < -0.3 is 10.4 Å². The van der Waals surface area contributed by atoms with Gasteiger partial charge in [0.2, 0.25) is 0 Å². The molecule has 3 heteroatoms. The van der Waals surface area contributed by atoms with Crippen LogP contribution in [0, 0.1) is 0 Å². The number of nitrogens with one attached hydrogen (secondary N) is 1. The highest BCUT2D eigenvalue weighted by Gasteiger charge is 2.26. The van der Waals surface area contributed by atoms with Crippen LogP contribution in [-0.2, 0) is 0 Å². The molecule has 0 spiro atoms. The monoisotopic (exact) mass is 243 g/mol. The van der Waals surface area contributed by atoms with Crippen LogP contribution >= 0.6 is 0 Å². The number of carbonyl (C=O) groups is 1. The second-order valence-corrected chi connectivity index (χ2v) is 5.07. The Hall–Kier alpha value is -1.77. The SMILES string of the molecule is O=C(O)c1ccc2c(c1)NCC2C1=CCCCC1. The van der Waals surface area contributed by atoms with E-state index in [4.69, 9.17) is 5.11 Å². The molecule has 1 aromatic carbocycles. The van der Waals surface area contributed by atoms with Crippen molar-refractivity contribution in [3.63, 3.8) is 0 Å². The lowest BCUT2D eigenvalue weighted by atomic mass is 9.85. The summed E-state index contributed by atoms with van der Waals surface area (Å²) in [4.78, 5) is 10.9. The third kappa shape index (κ3) is 1.90. The summed E-state index contributed by atoms with van der Waals surface area (Å²) in [6.45, 7) is 0.907. The smallest absolute Gasteiger partial charge is 0.335 e. The van der Waals surface area contributed by atoms with E-state index in [1.165, 1.54) is 36.8 Å². The second kappa shape index (κ2) is 4.48. The van der Waals surface area contributed by atoms with Crippen molar-refractivity contribution < 1.29 is 9.90 Å². The van der Waals surface area contributed by atoms with Crippen LogP contribution in [0.25, 0.3) is 0 Å². The van der Waals surface area contributed by atoms with Crippen LogP contribution in [0.4, 0.5) is 5.69 Å². The standard InChI is InChI=1S/C15H17NO2/c17-15(18)11-6-7-12-13(9-16-14(12)8-11)10-4-2-1-3-5-10/h4,6-8,13,16H,1-3,5,9H2,(H,17,18). The highest BCUT2D eigenvalue weighted by Crippen LogP contribution is 2.39. The summed E-state index contributed by atoms with van der Waals surface area (Å²) in [7, 11) is 0. The minimum atomic E-state index is -0.861. The lowest BCUT2D eigenvalue weighted by Gasteiger charge is -2.19. The summed E-state index contributed by atoms with van der Waals surface area (Å²) in [6.07, 6.45) is 7.33. The van der Waals surface area contributed by atoms with Gasteiger partial charge in [-0.1, -0.05) is 17.7 Å². The Morgan fingerprint density at radius 1 is 1.33 bits per heavy atom. The molecule has 0 saturated heterocycles. The largest absolute Gasteiger partial charge is 0.478 e. The van der Waals surface area contributed by atoms with Crippen LogP contribution < -0.4 is 5.32 Å². The Bertz CT molecular complexity index is 519. The van der Waals surface area contributed by atoms with Gasteiger partial charge in [-0.25, -0.2) is 4.79 Å². The molecule has 1 heterocycles. The fourth-order valence-corrected chi connectivity index (χ4v) is 2.98. The van der Waals surface area contributed by atoms with Gasteiger partial charge in [0.15, 0.2) is 0 Å². The Morgan fingerprint density at radius 3 is 2.94 bits per heavy atom. The lowest BCUT2D eigenvalue weighted by molar-refractivity contribution is 0.0697. The highest BCUT2D eigenvalue weighted by atomic mass is 16.4. The van der Waals surface area contributed by atoms with Crippen molar-refractivity contribution >= 4 is 11.7 Å². The normalized spacial score (nSPS) is 22.0. The second-order valence-electron chi connectivity index (χ2n) is 5.07. The van der Waals surface area contributed by atoms with Crippen molar-refractivity contribution in [2.75, 3.05) is 11.9 Å². The Morgan fingerprint density at radius 2 is 2.22 bits per heavy atom. The number of carboxylic acids is 1. The topological polar surface area (TPSA) is 49.3 Å². The van der Waals surface area contributed by atoms with Crippen LogP contribution in [-0.4, -0.2) is 17.6 Å². The summed E-state index contributed by atoms with van der Waals surface area (Å²) in [5.41, 5.74) is 4.13. The molecule has 2 N–H and O–H groups in total. The molecule has 3 nitrogen and oxygen atoms in total. The molecule has 1 aliphatic carbocycles. The Balaban J connectivity index is 1.92. The van der Waals surface area contributed by atoms with Crippen LogP contribution in [0.3, 0.4) is 0 Å². The van der Waals surface area contributed by atoms with Crippen molar-refractivity contribution in [2.24, 2.45) is 0 Å². The molecular formula is C15H17NO2. The van der Waals surface area contributed by atoms with Gasteiger partial charge in [0.25, 0.3) is 0 Å². The van der Waals surface area contributed by atoms with E-state index >= 15 is 0 Å². The molecule has 1 aliphatic heterocycles. The van der Waals surface area contributed by atoms with Gasteiger partial charge in [-0.05, 0) is 43.4 Å². The van der Waals surface area contributed by atoms with Crippen molar-refractivity contribution in [3.05, 3.63) is 41.0 Å². The quantitative estimate of drug-likeness (QED) is 0.783. The molecule has 18 heavy (non-hydrogen) atoms. The summed E-state index contributed by atoms with van der Waals surface area (Å²) in [5.74, 6) is -0.414. The number of fused-ring (bicyclic) bond motifs is 1. The van der Waals surface area contributed by atoms with E-state index in [0.29, 0.717) is 11.5 Å². The van der Waals surface area contributed by atoms with E-state index < -0.39 is 5.97 Å². The van der Waals surface area contributed by atoms with Gasteiger partial charge in [-0.3, -0.25) is 0 Å². The molecule has 2 aliphatic rings. The summed E-state index contributed by atoms with van der Waals surface area (Å²) >= 11 is 0. The highest BCUT2D eigenvalue weighted by molar-refractivity contribution is 5.89. The first kappa shape index (κ1) is 11.3. The first-order valence-electron chi connectivity index (χ1n) is 6.56. The zero-order valence-corrected chi connectivity index (χ0v) is 10.3. The average Bonchev–Trinajstić information content (AvgIpc) is 2.82. The molecule has 0 amide bonds. The van der Waals surface area contributed by atoms with Crippen LogP contribution in [0.1, 0.15) is 47.5 Å². The van der Waals surface area contributed by atoms with Gasteiger partial charge in [0.05, 0.1) is 5.56 Å². The number of anilines is 1. The zero-order chi connectivity index (χ0) is 12.5. The van der Waals surface area contributed by atoms with E-state index in [1.54, 1.807) is 12.1 Å². The number of benzene rings is 1. The lowest BCUT2D eigenvalue weighted by Crippen LogP contribution is -2.07. The van der Waals surface area contributed by atoms with Crippen molar-refractivity contribution in [1.29, 1.82) is 0 Å². The molecule has 0 aromatic heterocycles. The van der Waals surface area contributed by atoms with E-state index in [1.807, 2.05) is 6.07 Å². The van der Waals surface area contributed by atoms with E-state index in [0.717, 1.165) is 12.2 Å². The van der Waals surface area contributed by atoms with Crippen molar-refractivity contribution in [3.8, 4) is 0 Å². The van der Waals surface area contributed by atoms with Crippen LogP contribution in [0.2, 0.25) is 0 Å². The van der Waals surface area contributed by atoms with Gasteiger partial charge >= 0.3 is 5.97 Å². The Kier molecular flexibility index (Phi) is 2.82. The predicted molar refractivity (Wildman–Crippen MR) is 71.2 cm³/mol. The van der Waals surface area contributed by atoms with E-state index in [-0.39, 0.29) is 0 Å². The third-order valence-corrected chi connectivity index (χ3v) is 3.95. The fraction of sp³-hybridized carbons (Fsp3) is 0.400.